The minimum atomic E-state index is -3.67. The fourth-order valence-electron chi connectivity index (χ4n) is 1.31. The Kier molecular flexibility index (Phi) is 5.82. The highest BCUT2D eigenvalue weighted by molar-refractivity contribution is 7.89. The molecule has 0 aromatic heterocycles. The summed E-state index contributed by atoms with van der Waals surface area (Å²) >= 11 is 11.5. The van der Waals surface area contributed by atoms with Gasteiger partial charge in [0.15, 0.2) is 0 Å². The first-order valence-corrected chi connectivity index (χ1v) is 8.14. The van der Waals surface area contributed by atoms with Crippen LogP contribution in [0.4, 0.5) is 5.69 Å². The van der Waals surface area contributed by atoms with E-state index in [-0.39, 0.29) is 27.6 Å². The van der Waals surface area contributed by atoms with Crippen molar-refractivity contribution < 1.29 is 13.2 Å². The number of carbonyl (C=O) groups is 1. The molecule has 8 heteroatoms. The van der Waals surface area contributed by atoms with E-state index in [4.69, 9.17) is 23.2 Å². The normalized spacial score (nSPS) is 13.3. The number of sulfonamides is 1. The van der Waals surface area contributed by atoms with E-state index in [9.17, 15) is 13.2 Å². The molecule has 0 radical (unpaired) electrons. The van der Waals surface area contributed by atoms with E-state index in [0.29, 0.717) is 5.69 Å². The summed E-state index contributed by atoms with van der Waals surface area (Å²) in [6.07, 6.45) is 0. The van der Waals surface area contributed by atoms with Crippen LogP contribution in [0.5, 0.6) is 0 Å². The lowest BCUT2D eigenvalue weighted by molar-refractivity contribution is -0.118. The van der Waals surface area contributed by atoms with E-state index in [2.05, 4.69) is 5.32 Å². The molecule has 112 valence electrons. The third-order valence-corrected chi connectivity index (χ3v) is 5.40. The SMILES string of the molecule is CC(CCl)C(=O)Nc1ccc(Cl)c(S(=O)(=O)N(C)C)c1. The van der Waals surface area contributed by atoms with Gasteiger partial charge in [-0.3, -0.25) is 4.79 Å². The molecule has 0 aliphatic heterocycles. The Morgan fingerprint density at radius 2 is 2.00 bits per heavy atom. The summed E-state index contributed by atoms with van der Waals surface area (Å²) in [5.74, 6) is -0.473. The number of amides is 1. The van der Waals surface area contributed by atoms with E-state index in [0.717, 1.165) is 4.31 Å². The second-order valence-electron chi connectivity index (χ2n) is 4.48. The number of halogens is 2. The maximum atomic E-state index is 12.1. The number of anilines is 1. The molecule has 1 amide bonds. The predicted molar refractivity (Wildman–Crippen MR) is 80.8 cm³/mol. The average molecular weight is 339 g/mol. The minimum absolute atomic E-state index is 0.0551. The Hall–Kier alpha value is -0.820. The van der Waals surface area contributed by atoms with Crippen molar-refractivity contribution in [2.75, 3.05) is 25.3 Å². The lowest BCUT2D eigenvalue weighted by atomic mass is 10.2. The molecule has 0 spiro atoms. The number of hydrogen-bond acceptors (Lipinski definition) is 3. The van der Waals surface area contributed by atoms with Crippen LogP contribution in [0.15, 0.2) is 23.1 Å². The van der Waals surface area contributed by atoms with Crippen LogP contribution in [-0.2, 0) is 14.8 Å². The summed E-state index contributed by atoms with van der Waals surface area (Å²) < 4.78 is 25.2. The fourth-order valence-corrected chi connectivity index (χ4v) is 2.84. The van der Waals surface area contributed by atoms with E-state index in [1.165, 1.54) is 32.3 Å². The van der Waals surface area contributed by atoms with Gasteiger partial charge in [0.25, 0.3) is 0 Å². The van der Waals surface area contributed by atoms with Gasteiger partial charge in [0, 0.05) is 31.6 Å². The largest absolute Gasteiger partial charge is 0.326 e. The summed E-state index contributed by atoms with van der Waals surface area (Å²) in [6, 6.07) is 4.30. The average Bonchev–Trinajstić information content (AvgIpc) is 2.39. The molecular formula is C12H16Cl2N2O3S. The van der Waals surface area contributed by atoms with Gasteiger partial charge in [-0.2, -0.15) is 0 Å². The molecule has 1 atom stereocenters. The zero-order valence-corrected chi connectivity index (χ0v) is 13.7. The minimum Gasteiger partial charge on any atom is -0.326 e. The summed E-state index contributed by atoms with van der Waals surface area (Å²) in [5.41, 5.74) is 0.358. The molecule has 1 unspecified atom stereocenters. The van der Waals surface area contributed by atoms with Gasteiger partial charge in [-0.25, -0.2) is 12.7 Å². The second-order valence-corrected chi connectivity index (χ2v) is 7.31. The first-order valence-electron chi connectivity index (χ1n) is 5.79. The van der Waals surface area contributed by atoms with Crippen LogP contribution in [0, 0.1) is 5.92 Å². The standard InChI is InChI=1S/C12H16Cl2N2O3S/c1-8(7-13)12(17)15-9-4-5-10(14)11(6-9)20(18,19)16(2)3/h4-6,8H,7H2,1-3H3,(H,15,17). The zero-order valence-electron chi connectivity index (χ0n) is 11.4. The first-order chi connectivity index (χ1) is 9.20. The van der Waals surface area contributed by atoms with Gasteiger partial charge >= 0.3 is 0 Å². The van der Waals surface area contributed by atoms with Gasteiger partial charge in [0.2, 0.25) is 15.9 Å². The number of hydrogen-bond donors (Lipinski definition) is 1. The van der Waals surface area contributed by atoms with Crippen molar-refractivity contribution in [3.8, 4) is 0 Å². The molecule has 0 saturated heterocycles. The van der Waals surface area contributed by atoms with E-state index in [1.54, 1.807) is 6.92 Å². The molecule has 0 heterocycles. The van der Waals surface area contributed by atoms with Crippen LogP contribution in [0.2, 0.25) is 5.02 Å². The molecule has 1 rings (SSSR count). The summed E-state index contributed by atoms with van der Waals surface area (Å²) in [7, 11) is -0.849. The van der Waals surface area contributed by atoms with Gasteiger partial charge in [-0.1, -0.05) is 18.5 Å². The Bertz CT molecular complexity index is 603. The fraction of sp³-hybridized carbons (Fsp3) is 0.417. The molecule has 1 N–H and O–H groups in total. The number of nitrogens with one attached hydrogen (secondary N) is 1. The van der Waals surface area contributed by atoms with Gasteiger partial charge in [0.05, 0.1) is 5.02 Å². The lowest BCUT2D eigenvalue weighted by Gasteiger charge is -2.15. The number of carbonyl (C=O) groups excluding carboxylic acids is 1. The van der Waals surface area contributed by atoms with Crippen molar-refractivity contribution in [1.29, 1.82) is 0 Å². The van der Waals surface area contributed by atoms with Gasteiger partial charge < -0.3 is 5.32 Å². The maximum absolute atomic E-state index is 12.1. The molecule has 1 aromatic carbocycles. The Balaban J connectivity index is 3.13. The quantitative estimate of drug-likeness (QED) is 0.838. The monoisotopic (exact) mass is 338 g/mol. The van der Waals surface area contributed by atoms with Crippen LogP contribution >= 0.6 is 23.2 Å². The van der Waals surface area contributed by atoms with Crippen molar-refractivity contribution >= 4 is 44.8 Å². The van der Waals surface area contributed by atoms with Gasteiger partial charge in [-0.05, 0) is 18.2 Å². The second kappa shape index (κ2) is 6.76. The highest BCUT2D eigenvalue weighted by Gasteiger charge is 2.22. The van der Waals surface area contributed by atoms with Crippen LogP contribution < -0.4 is 5.32 Å². The molecule has 0 aliphatic rings. The highest BCUT2D eigenvalue weighted by Crippen LogP contribution is 2.27. The highest BCUT2D eigenvalue weighted by atomic mass is 35.5. The van der Waals surface area contributed by atoms with E-state index >= 15 is 0 Å². The molecule has 5 nitrogen and oxygen atoms in total. The molecular weight excluding hydrogens is 323 g/mol. The Labute approximate surface area is 128 Å². The molecule has 1 aromatic rings. The van der Waals surface area contributed by atoms with Crippen molar-refractivity contribution in [3.63, 3.8) is 0 Å². The number of rotatable bonds is 5. The van der Waals surface area contributed by atoms with Crippen LogP contribution in [0.3, 0.4) is 0 Å². The smallest absolute Gasteiger partial charge is 0.244 e. The Morgan fingerprint density at radius 3 is 2.50 bits per heavy atom. The maximum Gasteiger partial charge on any atom is 0.244 e. The zero-order chi connectivity index (χ0) is 15.5. The third-order valence-electron chi connectivity index (χ3n) is 2.64. The van der Waals surface area contributed by atoms with Gasteiger partial charge in [-0.15, -0.1) is 11.6 Å². The van der Waals surface area contributed by atoms with E-state index < -0.39 is 10.0 Å². The molecule has 0 fully saturated rings. The van der Waals surface area contributed by atoms with Crippen molar-refractivity contribution in [3.05, 3.63) is 23.2 Å². The summed E-state index contributed by atoms with van der Waals surface area (Å²) in [5, 5.41) is 2.71. The summed E-state index contributed by atoms with van der Waals surface area (Å²) in [6.45, 7) is 1.68. The third kappa shape index (κ3) is 3.85. The van der Waals surface area contributed by atoms with Gasteiger partial charge in [0.1, 0.15) is 4.90 Å². The lowest BCUT2D eigenvalue weighted by Crippen LogP contribution is -2.24. The Morgan fingerprint density at radius 1 is 1.40 bits per heavy atom. The van der Waals surface area contributed by atoms with Crippen molar-refractivity contribution in [1.82, 2.24) is 4.31 Å². The number of benzene rings is 1. The number of nitrogens with zero attached hydrogens (tertiary/aromatic N) is 1. The van der Waals surface area contributed by atoms with Crippen LogP contribution in [0.25, 0.3) is 0 Å². The molecule has 0 bridgehead atoms. The number of alkyl halides is 1. The molecule has 20 heavy (non-hydrogen) atoms. The predicted octanol–water partition coefficient (Wildman–Crippen LogP) is 2.40. The molecule has 0 aliphatic carbocycles. The summed E-state index contributed by atoms with van der Waals surface area (Å²) in [4.78, 5) is 11.7. The molecule has 0 saturated carbocycles. The van der Waals surface area contributed by atoms with Crippen molar-refractivity contribution in [2.24, 2.45) is 5.92 Å². The topological polar surface area (TPSA) is 66.5 Å². The van der Waals surface area contributed by atoms with Crippen LogP contribution in [0.1, 0.15) is 6.92 Å². The van der Waals surface area contributed by atoms with Crippen LogP contribution in [-0.4, -0.2) is 38.6 Å². The van der Waals surface area contributed by atoms with Crippen molar-refractivity contribution in [2.45, 2.75) is 11.8 Å². The van der Waals surface area contributed by atoms with E-state index in [1.807, 2.05) is 0 Å². The first kappa shape index (κ1) is 17.2.